The van der Waals surface area contributed by atoms with Gasteiger partial charge in [0.25, 0.3) is 0 Å². The molecule has 1 aliphatic heterocycles. The summed E-state index contributed by atoms with van der Waals surface area (Å²) in [5.74, 6) is -0.508. The third-order valence-electron chi connectivity index (χ3n) is 4.81. The van der Waals surface area contributed by atoms with Crippen molar-refractivity contribution in [1.82, 2.24) is 9.55 Å². The second kappa shape index (κ2) is 11.6. The molecule has 2 aromatic carbocycles. The van der Waals surface area contributed by atoms with E-state index in [2.05, 4.69) is 20.9 Å². The van der Waals surface area contributed by atoms with Crippen LogP contribution in [0.5, 0.6) is 17.2 Å². The van der Waals surface area contributed by atoms with Crippen LogP contribution in [0.4, 0.5) is 5.95 Å². The molecule has 0 saturated carbocycles. The zero-order chi connectivity index (χ0) is 24.5. The molecular formula is C23H25N3O8. The second-order valence-electron chi connectivity index (χ2n) is 6.99. The molecule has 1 aliphatic rings. The van der Waals surface area contributed by atoms with Crippen molar-refractivity contribution in [2.75, 3.05) is 32.9 Å². The van der Waals surface area contributed by atoms with Gasteiger partial charge in [0.05, 0.1) is 25.6 Å². The van der Waals surface area contributed by atoms with Gasteiger partial charge in [0.15, 0.2) is 11.5 Å². The van der Waals surface area contributed by atoms with E-state index in [1.807, 2.05) is 42.6 Å². The number of hydrogen-bond acceptors (Lipinski definition) is 8. The number of methoxy groups -OCH3 is 2. The summed E-state index contributed by atoms with van der Waals surface area (Å²) in [5.41, 5.74) is 3.12. The van der Waals surface area contributed by atoms with Gasteiger partial charge in [-0.3, -0.25) is 0 Å². The van der Waals surface area contributed by atoms with E-state index in [0.29, 0.717) is 19.7 Å². The molecule has 0 fully saturated rings. The zero-order valence-corrected chi connectivity index (χ0v) is 18.7. The molecule has 0 amide bonds. The lowest BCUT2D eigenvalue weighted by Gasteiger charge is -2.13. The van der Waals surface area contributed by atoms with Crippen LogP contribution >= 0.6 is 0 Å². The Bertz CT molecular complexity index is 1130. The van der Waals surface area contributed by atoms with Crippen molar-refractivity contribution in [1.29, 1.82) is 0 Å². The van der Waals surface area contributed by atoms with Crippen molar-refractivity contribution >= 4 is 17.9 Å². The van der Waals surface area contributed by atoms with Crippen LogP contribution in [0.25, 0.3) is 11.3 Å². The third kappa shape index (κ3) is 6.17. The molecule has 0 unspecified atom stereocenters. The molecule has 0 radical (unpaired) electrons. The highest BCUT2D eigenvalue weighted by molar-refractivity contribution is 6.27. The number of carboxylic acid groups (broad SMARTS) is 2. The van der Waals surface area contributed by atoms with Gasteiger partial charge in [0.2, 0.25) is 12.7 Å². The van der Waals surface area contributed by atoms with Crippen LogP contribution in [0.2, 0.25) is 0 Å². The molecule has 0 atom stereocenters. The summed E-state index contributed by atoms with van der Waals surface area (Å²) in [4.78, 5) is 22.8. The Morgan fingerprint density at radius 1 is 1.09 bits per heavy atom. The van der Waals surface area contributed by atoms with Gasteiger partial charge in [-0.1, -0.05) is 12.1 Å². The fourth-order valence-corrected chi connectivity index (χ4v) is 3.18. The molecule has 0 bridgehead atoms. The average molecular weight is 471 g/mol. The van der Waals surface area contributed by atoms with Crippen LogP contribution in [-0.4, -0.2) is 59.3 Å². The Kier molecular flexibility index (Phi) is 8.30. The number of imidazole rings is 1. The fourth-order valence-electron chi connectivity index (χ4n) is 3.18. The Labute approximate surface area is 195 Å². The first-order valence-corrected chi connectivity index (χ1v) is 10.2. The second-order valence-corrected chi connectivity index (χ2v) is 6.99. The maximum atomic E-state index is 9.10. The van der Waals surface area contributed by atoms with Gasteiger partial charge in [0.1, 0.15) is 5.75 Å². The summed E-state index contributed by atoms with van der Waals surface area (Å²) in [6.07, 6.45) is 1.86. The summed E-state index contributed by atoms with van der Waals surface area (Å²) in [7, 11) is 3.36. The first-order valence-electron chi connectivity index (χ1n) is 10.2. The highest BCUT2D eigenvalue weighted by Gasteiger charge is 2.17. The number of hydrogen-bond donors (Lipinski definition) is 3. The van der Waals surface area contributed by atoms with E-state index >= 15 is 0 Å². The maximum Gasteiger partial charge on any atom is 0.414 e. The molecule has 0 saturated heterocycles. The molecule has 0 spiro atoms. The van der Waals surface area contributed by atoms with E-state index in [9.17, 15) is 0 Å². The fraction of sp³-hybridized carbons (Fsp3) is 0.261. The minimum Gasteiger partial charge on any atom is -0.497 e. The summed E-state index contributed by atoms with van der Waals surface area (Å²) in [6, 6.07) is 13.9. The molecule has 1 aromatic heterocycles. The van der Waals surface area contributed by atoms with E-state index in [4.69, 9.17) is 38.7 Å². The molecule has 180 valence electrons. The number of aromatic nitrogens is 2. The number of rotatable bonds is 8. The van der Waals surface area contributed by atoms with Gasteiger partial charge in [-0.15, -0.1) is 0 Å². The topological polar surface area (TPSA) is 141 Å². The number of carboxylic acids is 2. The molecule has 2 heterocycles. The molecule has 11 nitrogen and oxygen atoms in total. The van der Waals surface area contributed by atoms with Crippen LogP contribution in [0, 0.1) is 0 Å². The number of anilines is 1. The first-order chi connectivity index (χ1) is 16.4. The van der Waals surface area contributed by atoms with Crippen molar-refractivity contribution in [3.05, 3.63) is 54.2 Å². The van der Waals surface area contributed by atoms with Crippen molar-refractivity contribution in [2.45, 2.75) is 13.1 Å². The lowest BCUT2D eigenvalue weighted by Crippen LogP contribution is -2.11. The Hall–Kier alpha value is -4.25. The SMILES string of the molecule is COCCn1c(-c2ccc3c(c2)OCO3)cnc1NCc1cccc(OC)c1.O=C(O)C(=O)O. The van der Waals surface area contributed by atoms with Crippen molar-refractivity contribution in [3.8, 4) is 28.5 Å². The highest BCUT2D eigenvalue weighted by Crippen LogP contribution is 2.36. The lowest BCUT2D eigenvalue weighted by atomic mass is 10.1. The van der Waals surface area contributed by atoms with E-state index in [1.54, 1.807) is 14.2 Å². The number of aliphatic carboxylic acids is 2. The van der Waals surface area contributed by atoms with Gasteiger partial charge in [0, 0.05) is 25.8 Å². The molecular weight excluding hydrogens is 446 g/mol. The van der Waals surface area contributed by atoms with Gasteiger partial charge in [-0.05, 0) is 35.9 Å². The Morgan fingerprint density at radius 2 is 1.85 bits per heavy atom. The minimum absolute atomic E-state index is 0.259. The van der Waals surface area contributed by atoms with Crippen LogP contribution in [0.3, 0.4) is 0 Å². The predicted molar refractivity (Wildman–Crippen MR) is 121 cm³/mol. The van der Waals surface area contributed by atoms with Crippen molar-refractivity contribution < 1.29 is 38.7 Å². The third-order valence-corrected chi connectivity index (χ3v) is 4.81. The molecule has 34 heavy (non-hydrogen) atoms. The van der Waals surface area contributed by atoms with E-state index in [-0.39, 0.29) is 6.79 Å². The number of fused-ring (bicyclic) bond motifs is 1. The molecule has 11 heteroatoms. The van der Waals surface area contributed by atoms with Gasteiger partial charge in [-0.25, -0.2) is 14.6 Å². The van der Waals surface area contributed by atoms with Crippen molar-refractivity contribution in [3.63, 3.8) is 0 Å². The van der Waals surface area contributed by atoms with Crippen LogP contribution in [0.1, 0.15) is 5.56 Å². The normalized spacial score (nSPS) is 11.4. The van der Waals surface area contributed by atoms with E-state index in [0.717, 1.165) is 40.0 Å². The van der Waals surface area contributed by atoms with Gasteiger partial charge >= 0.3 is 11.9 Å². The summed E-state index contributed by atoms with van der Waals surface area (Å²) in [5, 5.41) is 18.2. The largest absolute Gasteiger partial charge is 0.497 e. The van der Waals surface area contributed by atoms with E-state index in [1.165, 1.54) is 0 Å². The van der Waals surface area contributed by atoms with Crippen LogP contribution in [0.15, 0.2) is 48.7 Å². The number of carbonyl (C=O) groups is 2. The van der Waals surface area contributed by atoms with Gasteiger partial charge in [-0.2, -0.15) is 0 Å². The molecule has 3 N–H and O–H groups in total. The summed E-state index contributed by atoms with van der Waals surface area (Å²) >= 11 is 0. The summed E-state index contributed by atoms with van der Waals surface area (Å²) in [6.45, 7) is 2.17. The maximum absolute atomic E-state index is 9.10. The molecule has 3 aromatic rings. The number of nitrogens with zero attached hydrogens (tertiary/aromatic N) is 2. The molecule has 4 rings (SSSR count). The monoisotopic (exact) mass is 471 g/mol. The number of ether oxygens (including phenoxy) is 4. The van der Waals surface area contributed by atoms with Crippen LogP contribution < -0.4 is 19.5 Å². The summed E-state index contributed by atoms with van der Waals surface area (Å²) < 4.78 is 23.6. The number of nitrogens with one attached hydrogen (secondary N) is 1. The average Bonchev–Trinajstić information content (AvgIpc) is 3.48. The highest BCUT2D eigenvalue weighted by atomic mass is 16.7. The van der Waals surface area contributed by atoms with Crippen molar-refractivity contribution in [2.24, 2.45) is 0 Å². The Morgan fingerprint density at radius 3 is 2.56 bits per heavy atom. The predicted octanol–water partition coefficient (Wildman–Crippen LogP) is 2.70. The van der Waals surface area contributed by atoms with Crippen LogP contribution in [-0.2, 0) is 27.4 Å². The smallest absolute Gasteiger partial charge is 0.414 e. The number of benzene rings is 2. The van der Waals surface area contributed by atoms with Gasteiger partial charge < -0.3 is 39.0 Å². The quantitative estimate of drug-likeness (QED) is 0.420. The zero-order valence-electron chi connectivity index (χ0n) is 18.7. The lowest BCUT2D eigenvalue weighted by molar-refractivity contribution is -0.159. The first kappa shape index (κ1) is 24.4. The van der Waals surface area contributed by atoms with E-state index < -0.39 is 11.9 Å². The standard InChI is InChI=1S/C21H23N3O4.C2H2O4/c1-25-9-8-24-18(16-6-7-19-20(11-16)28-14-27-19)13-23-21(24)22-12-15-4-3-5-17(10-15)26-2;3-1(4)2(5)6/h3-7,10-11,13H,8-9,12,14H2,1-2H3,(H,22,23);(H,3,4)(H,5,6). The molecule has 0 aliphatic carbocycles. The Balaban J connectivity index is 0.000000481. The minimum atomic E-state index is -1.82.